The van der Waals surface area contributed by atoms with Crippen molar-refractivity contribution in [2.45, 2.75) is 32.1 Å². The van der Waals surface area contributed by atoms with Gasteiger partial charge in [0.2, 0.25) is 5.89 Å². The second-order valence-corrected chi connectivity index (χ2v) is 5.40. The number of carbonyl (C=O) groups is 1. The Morgan fingerprint density at radius 2 is 2.05 bits per heavy atom. The smallest absolute Gasteiger partial charge is 0.255 e. The quantitative estimate of drug-likeness (QED) is 0.632. The van der Waals surface area contributed by atoms with Crippen molar-refractivity contribution in [1.29, 1.82) is 0 Å². The molecule has 21 heavy (non-hydrogen) atoms. The number of benzene rings is 1. The molecule has 2 unspecified atom stereocenters. The molecule has 0 aliphatic heterocycles. The monoisotopic (exact) mass is 288 g/mol. The molecule has 0 aliphatic rings. The van der Waals surface area contributed by atoms with Crippen LogP contribution in [0.1, 0.15) is 43.6 Å². The van der Waals surface area contributed by atoms with Crippen LogP contribution in [0.25, 0.3) is 0 Å². The summed E-state index contributed by atoms with van der Waals surface area (Å²) in [6.45, 7) is 4.22. The van der Waals surface area contributed by atoms with Crippen molar-refractivity contribution < 1.29 is 14.4 Å². The summed E-state index contributed by atoms with van der Waals surface area (Å²) in [4.78, 5) is 16.0. The Bertz CT molecular complexity index is 552. The third-order valence-corrected chi connectivity index (χ3v) is 3.70. The Labute approximate surface area is 124 Å². The fourth-order valence-corrected chi connectivity index (χ4v) is 2.55. The summed E-state index contributed by atoms with van der Waals surface area (Å²) in [5.74, 6) is -0.281. The molecular weight excluding hydrogens is 268 g/mol. The predicted molar refractivity (Wildman–Crippen MR) is 77.8 cm³/mol. The molecule has 1 amide bonds. The maximum absolute atomic E-state index is 11.9. The Hall–Kier alpha value is -2.14. The SMILES string of the molecule is CC(C)C(CC(C(=O)NO)c1ncco1)c1ccccc1. The van der Waals surface area contributed by atoms with Crippen LogP contribution in [-0.4, -0.2) is 16.1 Å². The van der Waals surface area contributed by atoms with Crippen LogP contribution in [0.2, 0.25) is 0 Å². The van der Waals surface area contributed by atoms with Crippen LogP contribution in [0.15, 0.2) is 47.2 Å². The van der Waals surface area contributed by atoms with Gasteiger partial charge in [0.1, 0.15) is 12.2 Å². The summed E-state index contributed by atoms with van der Waals surface area (Å²) < 4.78 is 5.25. The van der Waals surface area contributed by atoms with Gasteiger partial charge in [-0.05, 0) is 23.8 Å². The molecular formula is C16H20N2O3. The van der Waals surface area contributed by atoms with Gasteiger partial charge in [-0.15, -0.1) is 0 Å². The fraction of sp³-hybridized carbons (Fsp3) is 0.375. The standard InChI is InChI=1S/C16H20N2O3/c1-11(2)13(12-6-4-3-5-7-12)10-14(15(19)18-20)16-17-8-9-21-16/h3-9,11,13-14,20H,10H2,1-2H3,(H,18,19). The fourth-order valence-electron chi connectivity index (χ4n) is 2.55. The second kappa shape index (κ2) is 7.04. The van der Waals surface area contributed by atoms with Gasteiger partial charge in [-0.1, -0.05) is 44.2 Å². The normalized spacial score (nSPS) is 13.9. The lowest BCUT2D eigenvalue weighted by Gasteiger charge is -2.24. The molecule has 1 aromatic heterocycles. The molecule has 2 rings (SSSR count). The second-order valence-electron chi connectivity index (χ2n) is 5.40. The predicted octanol–water partition coefficient (Wildman–Crippen LogP) is 3.09. The highest BCUT2D eigenvalue weighted by atomic mass is 16.5. The molecule has 0 bridgehead atoms. The first-order valence-electron chi connectivity index (χ1n) is 7.01. The minimum absolute atomic E-state index is 0.167. The molecule has 5 nitrogen and oxygen atoms in total. The average molecular weight is 288 g/mol. The Balaban J connectivity index is 2.26. The molecule has 0 spiro atoms. The number of aromatic nitrogens is 1. The van der Waals surface area contributed by atoms with Crippen LogP contribution < -0.4 is 5.48 Å². The first kappa shape index (κ1) is 15.3. The van der Waals surface area contributed by atoms with Gasteiger partial charge in [0.15, 0.2) is 0 Å². The number of oxazole rings is 1. The highest BCUT2D eigenvalue weighted by Crippen LogP contribution is 2.34. The lowest BCUT2D eigenvalue weighted by atomic mass is 9.81. The van der Waals surface area contributed by atoms with Gasteiger partial charge in [0, 0.05) is 0 Å². The number of carbonyl (C=O) groups excluding carboxylic acids is 1. The Morgan fingerprint density at radius 1 is 1.33 bits per heavy atom. The van der Waals surface area contributed by atoms with Gasteiger partial charge < -0.3 is 4.42 Å². The van der Waals surface area contributed by atoms with E-state index >= 15 is 0 Å². The van der Waals surface area contributed by atoms with E-state index in [2.05, 4.69) is 18.8 Å². The van der Waals surface area contributed by atoms with E-state index in [9.17, 15) is 4.79 Å². The van der Waals surface area contributed by atoms with Crippen LogP contribution in [0.4, 0.5) is 0 Å². The summed E-state index contributed by atoms with van der Waals surface area (Å²) in [5.41, 5.74) is 2.87. The lowest BCUT2D eigenvalue weighted by molar-refractivity contribution is -0.131. The number of nitrogens with zero attached hydrogens (tertiary/aromatic N) is 1. The third-order valence-electron chi connectivity index (χ3n) is 3.70. The summed E-state index contributed by atoms with van der Waals surface area (Å²) in [7, 11) is 0. The van der Waals surface area contributed by atoms with Crippen molar-refractivity contribution in [3.05, 3.63) is 54.2 Å². The molecule has 0 radical (unpaired) electrons. The number of hydrogen-bond acceptors (Lipinski definition) is 4. The van der Waals surface area contributed by atoms with Crippen LogP contribution in [-0.2, 0) is 4.79 Å². The maximum atomic E-state index is 11.9. The van der Waals surface area contributed by atoms with E-state index < -0.39 is 11.8 Å². The zero-order chi connectivity index (χ0) is 15.2. The number of nitrogens with one attached hydrogen (secondary N) is 1. The number of hydrogen-bond donors (Lipinski definition) is 2. The van der Waals surface area contributed by atoms with Crippen LogP contribution in [0, 0.1) is 5.92 Å². The number of hydroxylamine groups is 1. The molecule has 1 heterocycles. The van der Waals surface area contributed by atoms with Gasteiger partial charge in [0.25, 0.3) is 5.91 Å². The minimum Gasteiger partial charge on any atom is -0.448 e. The molecule has 2 aromatic rings. The van der Waals surface area contributed by atoms with Gasteiger partial charge in [-0.3, -0.25) is 10.0 Å². The molecule has 0 fully saturated rings. The van der Waals surface area contributed by atoms with E-state index in [4.69, 9.17) is 9.62 Å². The average Bonchev–Trinajstić information content (AvgIpc) is 3.02. The largest absolute Gasteiger partial charge is 0.448 e. The van der Waals surface area contributed by atoms with E-state index in [1.54, 1.807) is 5.48 Å². The molecule has 1 aromatic carbocycles. The Morgan fingerprint density at radius 3 is 2.57 bits per heavy atom. The van der Waals surface area contributed by atoms with E-state index in [1.165, 1.54) is 12.5 Å². The van der Waals surface area contributed by atoms with E-state index in [0.29, 0.717) is 18.2 Å². The molecule has 2 N–H and O–H groups in total. The van der Waals surface area contributed by atoms with Crippen LogP contribution in [0.3, 0.4) is 0 Å². The zero-order valence-corrected chi connectivity index (χ0v) is 12.2. The summed E-state index contributed by atoms with van der Waals surface area (Å²) >= 11 is 0. The first-order valence-corrected chi connectivity index (χ1v) is 7.01. The maximum Gasteiger partial charge on any atom is 0.255 e. The van der Waals surface area contributed by atoms with Crippen molar-refractivity contribution in [2.24, 2.45) is 5.92 Å². The van der Waals surface area contributed by atoms with Crippen LogP contribution in [0.5, 0.6) is 0 Å². The van der Waals surface area contributed by atoms with Crippen molar-refractivity contribution in [3.8, 4) is 0 Å². The van der Waals surface area contributed by atoms with E-state index in [1.807, 2.05) is 30.3 Å². The topological polar surface area (TPSA) is 75.4 Å². The highest BCUT2D eigenvalue weighted by Gasteiger charge is 2.30. The zero-order valence-electron chi connectivity index (χ0n) is 12.2. The van der Waals surface area contributed by atoms with E-state index in [-0.39, 0.29) is 5.92 Å². The van der Waals surface area contributed by atoms with Gasteiger partial charge >= 0.3 is 0 Å². The Kier molecular flexibility index (Phi) is 5.11. The van der Waals surface area contributed by atoms with E-state index in [0.717, 1.165) is 5.56 Å². The lowest BCUT2D eigenvalue weighted by Crippen LogP contribution is -2.28. The molecule has 2 atom stereocenters. The minimum atomic E-state index is -0.613. The molecule has 0 saturated carbocycles. The molecule has 112 valence electrons. The summed E-state index contributed by atoms with van der Waals surface area (Å²) in [6, 6.07) is 10.0. The van der Waals surface area contributed by atoms with Crippen molar-refractivity contribution in [1.82, 2.24) is 10.5 Å². The molecule has 0 aliphatic carbocycles. The number of amides is 1. The van der Waals surface area contributed by atoms with Crippen LogP contribution >= 0.6 is 0 Å². The van der Waals surface area contributed by atoms with Gasteiger partial charge in [0.05, 0.1) is 6.20 Å². The van der Waals surface area contributed by atoms with Crippen molar-refractivity contribution >= 4 is 5.91 Å². The summed E-state index contributed by atoms with van der Waals surface area (Å²) in [5, 5.41) is 8.96. The van der Waals surface area contributed by atoms with Crippen molar-refractivity contribution in [2.75, 3.05) is 0 Å². The number of rotatable bonds is 6. The summed E-state index contributed by atoms with van der Waals surface area (Å²) in [6.07, 6.45) is 3.45. The molecule has 0 saturated heterocycles. The third kappa shape index (κ3) is 3.70. The highest BCUT2D eigenvalue weighted by molar-refractivity contribution is 5.81. The molecule has 5 heteroatoms. The first-order chi connectivity index (χ1) is 10.1. The van der Waals surface area contributed by atoms with Gasteiger partial charge in [-0.2, -0.15) is 0 Å². The van der Waals surface area contributed by atoms with Gasteiger partial charge in [-0.25, -0.2) is 10.5 Å². The van der Waals surface area contributed by atoms with Crippen molar-refractivity contribution in [3.63, 3.8) is 0 Å².